The van der Waals surface area contributed by atoms with Gasteiger partial charge in [-0.3, -0.25) is 4.79 Å². The molecule has 116 valence electrons. The van der Waals surface area contributed by atoms with Gasteiger partial charge < -0.3 is 15.4 Å². The highest BCUT2D eigenvalue weighted by molar-refractivity contribution is 5.76. The van der Waals surface area contributed by atoms with Gasteiger partial charge in [0.1, 0.15) is 0 Å². The molecule has 0 saturated carbocycles. The smallest absolute Gasteiger partial charge is 0.222 e. The third-order valence-electron chi connectivity index (χ3n) is 4.20. The fourth-order valence-electron chi connectivity index (χ4n) is 2.80. The molecule has 1 fully saturated rings. The van der Waals surface area contributed by atoms with E-state index in [0.717, 1.165) is 43.9 Å². The number of anilines is 1. The Bertz CT molecular complexity index is 452. The van der Waals surface area contributed by atoms with E-state index in [1.807, 2.05) is 36.2 Å². The van der Waals surface area contributed by atoms with E-state index in [0.29, 0.717) is 12.3 Å². The molecule has 1 aliphatic rings. The molecular weight excluding hydrogens is 264 g/mol. The molecule has 1 aromatic rings. The molecular formula is C17H26N2O2. The lowest BCUT2D eigenvalue weighted by Crippen LogP contribution is -2.35. The summed E-state index contributed by atoms with van der Waals surface area (Å²) in [5.41, 5.74) is 7.61. The molecule has 0 aliphatic carbocycles. The largest absolute Gasteiger partial charge is 0.399 e. The summed E-state index contributed by atoms with van der Waals surface area (Å²) in [5.74, 6) is 0.896. The number of hydrogen-bond donors (Lipinski definition) is 1. The van der Waals surface area contributed by atoms with E-state index in [2.05, 4.69) is 6.92 Å². The molecule has 0 bridgehead atoms. The molecule has 1 aliphatic heterocycles. The lowest BCUT2D eigenvalue weighted by Gasteiger charge is -2.28. The molecule has 21 heavy (non-hydrogen) atoms. The first-order valence-corrected chi connectivity index (χ1v) is 7.73. The molecule has 1 amide bonds. The third kappa shape index (κ3) is 4.74. The van der Waals surface area contributed by atoms with Crippen molar-refractivity contribution in [1.29, 1.82) is 0 Å². The second kappa shape index (κ2) is 7.46. The fraction of sp³-hybridized carbons (Fsp3) is 0.588. The van der Waals surface area contributed by atoms with Gasteiger partial charge in [0.25, 0.3) is 0 Å². The minimum absolute atomic E-state index is 0.199. The number of amides is 1. The summed E-state index contributed by atoms with van der Waals surface area (Å²) >= 11 is 0. The van der Waals surface area contributed by atoms with Gasteiger partial charge in [0.05, 0.1) is 6.61 Å². The Morgan fingerprint density at radius 2 is 2.14 bits per heavy atom. The molecule has 2 rings (SSSR count). The van der Waals surface area contributed by atoms with Gasteiger partial charge in [-0.25, -0.2) is 0 Å². The number of carbonyl (C=O) groups excluding carboxylic acids is 1. The number of nitrogen functional groups attached to an aromatic ring is 1. The number of rotatable bonds is 5. The van der Waals surface area contributed by atoms with Gasteiger partial charge in [-0.15, -0.1) is 0 Å². The topological polar surface area (TPSA) is 55.6 Å². The lowest BCUT2D eigenvalue weighted by molar-refractivity contribution is -0.131. The highest BCUT2D eigenvalue weighted by Crippen LogP contribution is 2.22. The fourth-order valence-corrected chi connectivity index (χ4v) is 2.80. The van der Waals surface area contributed by atoms with Crippen LogP contribution in [-0.4, -0.2) is 37.6 Å². The first-order chi connectivity index (χ1) is 10.1. The Balaban J connectivity index is 1.83. The minimum Gasteiger partial charge on any atom is -0.399 e. The van der Waals surface area contributed by atoms with E-state index in [4.69, 9.17) is 10.5 Å². The van der Waals surface area contributed by atoms with E-state index in [1.165, 1.54) is 0 Å². The Hall–Kier alpha value is -1.55. The van der Waals surface area contributed by atoms with Crippen LogP contribution >= 0.6 is 0 Å². The van der Waals surface area contributed by atoms with Crippen LogP contribution in [0.25, 0.3) is 0 Å². The number of ether oxygens (including phenoxy) is 1. The maximum Gasteiger partial charge on any atom is 0.222 e. The standard InChI is InChI=1S/C17H26N2O2/c1-13(15-5-7-16(18)8-6-15)10-17(20)19(2)11-14-4-3-9-21-12-14/h5-8,13-14H,3-4,9-12,18H2,1-2H3. The van der Waals surface area contributed by atoms with Gasteiger partial charge in [0, 0.05) is 32.3 Å². The third-order valence-corrected chi connectivity index (χ3v) is 4.20. The Morgan fingerprint density at radius 1 is 1.43 bits per heavy atom. The van der Waals surface area contributed by atoms with Crippen molar-refractivity contribution in [2.75, 3.05) is 32.5 Å². The van der Waals surface area contributed by atoms with Crippen molar-refractivity contribution in [3.8, 4) is 0 Å². The molecule has 2 N–H and O–H groups in total. The Kier molecular flexibility index (Phi) is 5.62. The summed E-state index contributed by atoms with van der Waals surface area (Å²) < 4.78 is 5.47. The second-order valence-corrected chi connectivity index (χ2v) is 6.13. The zero-order chi connectivity index (χ0) is 15.2. The van der Waals surface area contributed by atoms with E-state index >= 15 is 0 Å². The summed E-state index contributed by atoms with van der Waals surface area (Å²) in [7, 11) is 1.90. The molecule has 4 heteroatoms. The van der Waals surface area contributed by atoms with Crippen LogP contribution in [0, 0.1) is 5.92 Å². The van der Waals surface area contributed by atoms with Crippen molar-refractivity contribution in [2.45, 2.75) is 32.1 Å². The van der Waals surface area contributed by atoms with E-state index in [1.54, 1.807) is 0 Å². The molecule has 1 aromatic carbocycles. The molecule has 2 atom stereocenters. The van der Waals surface area contributed by atoms with Crippen molar-refractivity contribution in [3.05, 3.63) is 29.8 Å². The monoisotopic (exact) mass is 290 g/mol. The van der Waals surface area contributed by atoms with Crippen molar-refractivity contribution in [3.63, 3.8) is 0 Å². The summed E-state index contributed by atoms with van der Waals surface area (Å²) in [6, 6.07) is 7.78. The maximum atomic E-state index is 12.3. The lowest BCUT2D eigenvalue weighted by atomic mass is 9.96. The molecule has 4 nitrogen and oxygen atoms in total. The van der Waals surface area contributed by atoms with Crippen molar-refractivity contribution < 1.29 is 9.53 Å². The number of nitrogens with two attached hydrogens (primary N) is 1. The predicted molar refractivity (Wildman–Crippen MR) is 85.1 cm³/mol. The van der Waals surface area contributed by atoms with E-state index in [-0.39, 0.29) is 11.8 Å². The summed E-state index contributed by atoms with van der Waals surface area (Å²) in [5, 5.41) is 0. The number of nitrogens with zero attached hydrogens (tertiary/aromatic N) is 1. The first kappa shape index (κ1) is 15.8. The van der Waals surface area contributed by atoms with Crippen LogP contribution in [0.4, 0.5) is 5.69 Å². The predicted octanol–water partition coefficient (Wildman–Crippen LogP) is 2.65. The molecule has 0 aromatic heterocycles. The minimum atomic E-state index is 0.199. The highest BCUT2D eigenvalue weighted by Gasteiger charge is 2.20. The van der Waals surface area contributed by atoms with Crippen LogP contribution in [0.2, 0.25) is 0 Å². The van der Waals surface area contributed by atoms with E-state index < -0.39 is 0 Å². The molecule has 0 radical (unpaired) electrons. The van der Waals surface area contributed by atoms with Crippen LogP contribution in [0.3, 0.4) is 0 Å². The molecule has 1 heterocycles. The summed E-state index contributed by atoms with van der Waals surface area (Å²) in [4.78, 5) is 14.2. The molecule has 0 spiro atoms. The molecule has 1 saturated heterocycles. The van der Waals surface area contributed by atoms with Crippen LogP contribution in [0.15, 0.2) is 24.3 Å². The number of benzene rings is 1. The normalized spacial score (nSPS) is 20.0. The zero-order valence-electron chi connectivity index (χ0n) is 13.0. The Labute approximate surface area is 127 Å². The van der Waals surface area contributed by atoms with Crippen molar-refractivity contribution in [2.24, 2.45) is 5.92 Å². The highest BCUT2D eigenvalue weighted by atomic mass is 16.5. The second-order valence-electron chi connectivity index (χ2n) is 6.13. The average Bonchev–Trinajstić information content (AvgIpc) is 2.48. The van der Waals surface area contributed by atoms with Crippen molar-refractivity contribution in [1.82, 2.24) is 4.90 Å². The van der Waals surface area contributed by atoms with E-state index in [9.17, 15) is 4.79 Å². The van der Waals surface area contributed by atoms with Gasteiger partial charge in [0.2, 0.25) is 5.91 Å². The van der Waals surface area contributed by atoms with Crippen LogP contribution in [0.1, 0.15) is 37.7 Å². The Morgan fingerprint density at radius 3 is 2.76 bits per heavy atom. The SMILES string of the molecule is CC(CC(=O)N(C)CC1CCCOC1)c1ccc(N)cc1. The number of hydrogen-bond acceptors (Lipinski definition) is 3. The zero-order valence-corrected chi connectivity index (χ0v) is 13.0. The van der Waals surface area contributed by atoms with Crippen LogP contribution in [-0.2, 0) is 9.53 Å². The average molecular weight is 290 g/mol. The van der Waals surface area contributed by atoms with Gasteiger partial charge in [-0.05, 0) is 42.4 Å². The van der Waals surface area contributed by atoms with Gasteiger partial charge in [-0.2, -0.15) is 0 Å². The maximum absolute atomic E-state index is 12.3. The van der Waals surface area contributed by atoms with Crippen LogP contribution in [0.5, 0.6) is 0 Å². The first-order valence-electron chi connectivity index (χ1n) is 7.73. The molecule has 2 unspecified atom stereocenters. The summed E-state index contributed by atoms with van der Waals surface area (Å²) in [6.07, 6.45) is 2.80. The van der Waals surface area contributed by atoms with Gasteiger partial charge in [-0.1, -0.05) is 19.1 Å². The van der Waals surface area contributed by atoms with Crippen LogP contribution < -0.4 is 5.73 Å². The summed E-state index contributed by atoms with van der Waals surface area (Å²) in [6.45, 7) is 4.53. The quantitative estimate of drug-likeness (QED) is 0.848. The number of carbonyl (C=O) groups is 1. The van der Waals surface area contributed by atoms with Gasteiger partial charge >= 0.3 is 0 Å². The van der Waals surface area contributed by atoms with Gasteiger partial charge in [0.15, 0.2) is 0 Å². The van der Waals surface area contributed by atoms with Crippen molar-refractivity contribution >= 4 is 11.6 Å².